The second-order valence-electron chi connectivity index (χ2n) is 5.96. The van der Waals surface area contributed by atoms with E-state index in [0.29, 0.717) is 5.75 Å². The van der Waals surface area contributed by atoms with Crippen LogP contribution in [0.2, 0.25) is 0 Å². The summed E-state index contributed by atoms with van der Waals surface area (Å²) in [4.78, 5) is 0. The minimum Gasteiger partial charge on any atom is -0.508 e. The Morgan fingerprint density at radius 3 is 1.67 bits per heavy atom. The number of hydrogen-bond donors (Lipinski definition) is 1. The van der Waals surface area contributed by atoms with Crippen molar-refractivity contribution in [2.75, 3.05) is 5.33 Å². The summed E-state index contributed by atoms with van der Waals surface area (Å²) >= 11 is 3.48. The van der Waals surface area contributed by atoms with Gasteiger partial charge in [-0.25, -0.2) is 0 Å². The predicted molar refractivity (Wildman–Crippen MR) is 96.4 cm³/mol. The lowest BCUT2D eigenvalue weighted by atomic mass is 10.0. The number of para-hydroxylation sites is 1. The van der Waals surface area contributed by atoms with Crippen LogP contribution in [0.25, 0.3) is 0 Å². The first-order valence-corrected chi connectivity index (χ1v) is 9.79. The molecule has 0 unspecified atom stereocenters. The van der Waals surface area contributed by atoms with Crippen molar-refractivity contribution in [3.63, 3.8) is 0 Å². The lowest BCUT2D eigenvalue weighted by molar-refractivity contribution is 0.466. The first-order valence-electron chi connectivity index (χ1n) is 8.67. The van der Waals surface area contributed by atoms with Gasteiger partial charge >= 0.3 is 0 Å². The van der Waals surface area contributed by atoms with E-state index in [9.17, 15) is 5.11 Å². The number of unbranched alkanes of at least 4 members (excludes halogenated alkanes) is 10. The SMILES string of the molecule is Oc1ccccc1CCCCCCCCCCCCCBr. The van der Waals surface area contributed by atoms with Crippen LogP contribution in [0.3, 0.4) is 0 Å². The Balaban J connectivity index is 1.84. The minimum atomic E-state index is 0.456. The molecule has 0 radical (unpaired) electrons. The Bertz CT molecular complexity index is 351. The van der Waals surface area contributed by atoms with E-state index >= 15 is 0 Å². The molecular formula is C19H31BrO. The van der Waals surface area contributed by atoms with Crippen LogP contribution in [-0.4, -0.2) is 10.4 Å². The van der Waals surface area contributed by atoms with Crippen molar-refractivity contribution < 1.29 is 5.11 Å². The third kappa shape index (κ3) is 9.95. The molecule has 0 atom stereocenters. The summed E-state index contributed by atoms with van der Waals surface area (Å²) in [6, 6.07) is 7.71. The van der Waals surface area contributed by atoms with Gasteiger partial charge in [0.2, 0.25) is 0 Å². The molecule has 0 aliphatic carbocycles. The molecule has 0 aliphatic rings. The average molecular weight is 355 g/mol. The van der Waals surface area contributed by atoms with Crippen LogP contribution >= 0.6 is 15.9 Å². The third-order valence-corrected chi connectivity index (χ3v) is 4.63. The Hall–Kier alpha value is -0.500. The van der Waals surface area contributed by atoms with Crippen LogP contribution in [0, 0.1) is 0 Å². The molecule has 1 nitrogen and oxygen atoms in total. The summed E-state index contributed by atoms with van der Waals surface area (Å²) in [6.45, 7) is 0. The Morgan fingerprint density at radius 2 is 1.14 bits per heavy atom. The van der Waals surface area contributed by atoms with E-state index in [1.165, 1.54) is 70.6 Å². The van der Waals surface area contributed by atoms with E-state index in [1.807, 2.05) is 18.2 Å². The molecule has 0 amide bonds. The van der Waals surface area contributed by atoms with Gasteiger partial charge in [0, 0.05) is 5.33 Å². The number of aryl methyl sites for hydroxylation is 1. The normalized spacial score (nSPS) is 10.9. The zero-order chi connectivity index (χ0) is 15.2. The summed E-state index contributed by atoms with van der Waals surface area (Å²) in [5, 5.41) is 10.8. The molecule has 0 bridgehead atoms. The molecular weight excluding hydrogens is 324 g/mol. The standard InChI is InChI=1S/C19H31BrO/c20-17-13-9-7-5-3-1-2-4-6-8-10-14-18-15-11-12-16-19(18)21/h11-12,15-16,21H,1-10,13-14,17H2. The van der Waals surface area contributed by atoms with E-state index in [0.717, 1.165) is 17.3 Å². The van der Waals surface area contributed by atoms with Crippen LogP contribution in [0.5, 0.6) is 5.75 Å². The number of rotatable bonds is 13. The smallest absolute Gasteiger partial charge is 0.118 e. The minimum absolute atomic E-state index is 0.456. The van der Waals surface area contributed by atoms with Gasteiger partial charge in [-0.15, -0.1) is 0 Å². The first-order chi connectivity index (χ1) is 10.3. The van der Waals surface area contributed by atoms with Gasteiger partial charge in [-0.2, -0.15) is 0 Å². The van der Waals surface area contributed by atoms with Crippen LogP contribution in [0.1, 0.15) is 76.2 Å². The van der Waals surface area contributed by atoms with Gasteiger partial charge < -0.3 is 5.11 Å². The topological polar surface area (TPSA) is 20.2 Å². The Morgan fingerprint density at radius 1 is 0.667 bits per heavy atom. The van der Waals surface area contributed by atoms with E-state index in [1.54, 1.807) is 6.07 Å². The van der Waals surface area contributed by atoms with Crippen LogP contribution in [0.15, 0.2) is 24.3 Å². The van der Waals surface area contributed by atoms with Crippen molar-refractivity contribution in [1.82, 2.24) is 0 Å². The van der Waals surface area contributed by atoms with E-state index in [2.05, 4.69) is 15.9 Å². The quantitative estimate of drug-likeness (QED) is 0.311. The van der Waals surface area contributed by atoms with Gasteiger partial charge in [-0.05, 0) is 30.9 Å². The fourth-order valence-electron chi connectivity index (χ4n) is 2.72. The number of alkyl halides is 1. The summed E-state index contributed by atoms with van der Waals surface area (Å²) in [5.41, 5.74) is 1.10. The molecule has 1 N–H and O–H groups in total. The van der Waals surface area contributed by atoms with Crippen molar-refractivity contribution in [3.05, 3.63) is 29.8 Å². The number of aromatic hydroxyl groups is 1. The van der Waals surface area contributed by atoms with Crippen LogP contribution < -0.4 is 0 Å². The number of benzene rings is 1. The lowest BCUT2D eigenvalue weighted by Gasteiger charge is -2.04. The molecule has 0 saturated carbocycles. The van der Waals surface area contributed by atoms with Crippen molar-refractivity contribution in [3.8, 4) is 5.75 Å². The van der Waals surface area contributed by atoms with Gasteiger partial charge in [0.1, 0.15) is 5.75 Å². The number of phenols is 1. The Kier molecular flexibility index (Phi) is 11.6. The molecule has 0 aliphatic heterocycles. The molecule has 120 valence electrons. The summed E-state index contributed by atoms with van der Waals surface area (Å²) in [6.07, 6.45) is 16.0. The lowest BCUT2D eigenvalue weighted by Crippen LogP contribution is -1.87. The molecule has 1 aromatic carbocycles. The van der Waals surface area contributed by atoms with Gasteiger partial charge in [0.25, 0.3) is 0 Å². The summed E-state index contributed by atoms with van der Waals surface area (Å²) in [5.74, 6) is 0.456. The zero-order valence-corrected chi connectivity index (χ0v) is 14.9. The highest BCUT2D eigenvalue weighted by atomic mass is 79.9. The van der Waals surface area contributed by atoms with Crippen LogP contribution in [-0.2, 0) is 6.42 Å². The molecule has 1 rings (SSSR count). The third-order valence-electron chi connectivity index (χ3n) is 4.07. The molecule has 2 heteroatoms. The monoisotopic (exact) mass is 354 g/mol. The van der Waals surface area contributed by atoms with Gasteiger partial charge in [-0.1, -0.05) is 91.9 Å². The maximum atomic E-state index is 9.69. The fraction of sp³-hybridized carbons (Fsp3) is 0.684. The second kappa shape index (κ2) is 13.2. The maximum absolute atomic E-state index is 9.69. The molecule has 1 aromatic rings. The molecule has 0 heterocycles. The van der Waals surface area contributed by atoms with Gasteiger partial charge in [0.05, 0.1) is 0 Å². The number of hydrogen-bond acceptors (Lipinski definition) is 1. The largest absolute Gasteiger partial charge is 0.508 e. The van der Waals surface area contributed by atoms with E-state index in [4.69, 9.17) is 0 Å². The van der Waals surface area contributed by atoms with Crippen molar-refractivity contribution in [1.29, 1.82) is 0 Å². The van der Waals surface area contributed by atoms with Gasteiger partial charge in [0.15, 0.2) is 0 Å². The zero-order valence-electron chi connectivity index (χ0n) is 13.3. The Labute approximate surface area is 139 Å². The highest BCUT2D eigenvalue weighted by Gasteiger charge is 1.99. The number of halogens is 1. The van der Waals surface area contributed by atoms with Crippen molar-refractivity contribution >= 4 is 15.9 Å². The molecule has 21 heavy (non-hydrogen) atoms. The van der Waals surface area contributed by atoms with Crippen LogP contribution in [0.4, 0.5) is 0 Å². The van der Waals surface area contributed by atoms with Crippen molar-refractivity contribution in [2.45, 2.75) is 77.0 Å². The fourth-order valence-corrected chi connectivity index (χ4v) is 3.12. The molecule has 0 aromatic heterocycles. The van der Waals surface area contributed by atoms with Gasteiger partial charge in [-0.3, -0.25) is 0 Å². The first kappa shape index (κ1) is 18.5. The highest BCUT2D eigenvalue weighted by molar-refractivity contribution is 9.09. The second-order valence-corrected chi connectivity index (χ2v) is 6.75. The molecule has 0 saturated heterocycles. The average Bonchev–Trinajstić information content (AvgIpc) is 2.50. The maximum Gasteiger partial charge on any atom is 0.118 e. The predicted octanol–water partition coefficient (Wildman–Crippen LogP) is 6.62. The molecule has 0 fully saturated rings. The number of phenolic OH excluding ortho intramolecular Hbond substituents is 1. The van der Waals surface area contributed by atoms with E-state index in [-0.39, 0.29) is 0 Å². The summed E-state index contributed by atoms with van der Waals surface area (Å²) in [7, 11) is 0. The summed E-state index contributed by atoms with van der Waals surface area (Å²) < 4.78 is 0. The van der Waals surface area contributed by atoms with E-state index < -0.39 is 0 Å². The molecule has 0 spiro atoms. The highest BCUT2D eigenvalue weighted by Crippen LogP contribution is 2.19. The van der Waals surface area contributed by atoms with Crippen molar-refractivity contribution in [2.24, 2.45) is 0 Å².